The molecule has 1 saturated heterocycles. The van der Waals surface area contributed by atoms with Crippen molar-refractivity contribution in [3.8, 4) is 0 Å². The van der Waals surface area contributed by atoms with E-state index in [1.807, 2.05) is 52.0 Å². The standard InChI is InChI=1S/C24H32N6O3/c1-23(2,3)28-21-20-17(6-8-30(9-10-31)22(20)32)12-19(27-21)26-18-11-16(5-7-25-18)13-29-14-24(4,33)15-29/h5-8,11-12,31,33H,9-10,13-15H2,1-4H3,(H2,25,26,27,28). The van der Waals surface area contributed by atoms with Crippen molar-refractivity contribution >= 4 is 28.2 Å². The number of likely N-dealkylation sites (tertiary alicyclic amines) is 1. The fourth-order valence-electron chi connectivity index (χ4n) is 4.16. The van der Waals surface area contributed by atoms with E-state index in [4.69, 9.17) is 4.98 Å². The van der Waals surface area contributed by atoms with Crippen molar-refractivity contribution in [3.05, 3.63) is 52.6 Å². The largest absolute Gasteiger partial charge is 0.395 e. The fraction of sp³-hybridized carbons (Fsp3) is 0.458. The number of fused-ring (bicyclic) bond motifs is 1. The number of anilines is 3. The molecule has 1 fully saturated rings. The van der Waals surface area contributed by atoms with E-state index in [1.54, 1.807) is 12.4 Å². The van der Waals surface area contributed by atoms with Gasteiger partial charge in [-0.05, 0) is 62.9 Å². The Hall–Kier alpha value is -3.01. The van der Waals surface area contributed by atoms with Crippen LogP contribution < -0.4 is 16.2 Å². The second-order valence-electron chi connectivity index (χ2n) is 10.0. The zero-order valence-corrected chi connectivity index (χ0v) is 19.6. The summed E-state index contributed by atoms with van der Waals surface area (Å²) in [4.78, 5) is 24.3. The summed E-state index contributed by atoms with van der Waals surface area (Å²) in [5, 5.41) is 27.1. The molecule has 1 aliphatic rings. The van der Waals surface area contributed by atoms with E-state index in [2.05, 4.69) is 20.5 Å². The molecule has 1 aliphatic heterocycles. The number of rotatable bonds is 7. The van der Waals surface area contributed by atoms with Crippen LogP contribution in [0.5, 0.6) is 0 Å². The number of hydrogen-bond donors (Lipinski definition) is 4. The monoisotopic (exact) mass is 452 g/mol. The van der Waals surface area contributed by atoms with Gasteiger partial charge in [0.2, 0.25) is 0 Å². The van der Waals surface area contributed by atoms with Crippen LogP contribution in [0.2, 0.25) is 0 Å². The van der Waals surface area contributed by atoms with Gasteiger partial charge < -0.3 is 25.4 Å². The van der Waals surface area contributed by atoms with Crippen LogP contribution in [0.25, 0.3) is 10.8 Å². The van der Waals surface area contributed by atoms with Gasteiger partial charge in [0.05, 0.1) is 17.6 Å². The molecule has 0 radical (unpaired) electrons. The third kappa shape index (κ3) is 5.50. The van der Waals surface area contributed by atoms with Gasteiger partial charge in [0, 0.05) is 44.1 Å². The summed E-state index contributed by atoms with van der Waals surface area (Å²) in [5.41, 5.74) is -0.0178. The highest BCUT2D eigenvalue weighted by molar-refractivity contribution is 5.93. The minimum absolute atomic E-state index is 0.114. The van der Waals surface area contributed by atoms with Crippen LogP contribution in [0.3, 0.4) is 0 Å². The maximum Gasteiger partial charge on any atom is 0.262 e. The van der Waals surface area contributed by atoms with Gasteiger partial charge >= 0.3 is 0 Å². The van der Waals surface area contributed by atoms with Crippen molar-refractivity contribution in [1.82, 2.24) is 19.4 Å². The molecule has 0 unspecified atom stereocenters. The molecule has 4 rings (SSSR count). The van der Waals surface area contributed by atoms with Crippen molar-refractivity contribution in [2.75, 3.05) is 30.3 Å². The van der Waals surface area contributed by atoms with Crippen molar-refractivity contribution in [1.29, 1.82) is 0 Å². The van der Waals surface area contributed by atoms with E-state index in [1.165, 1.54) is 4.57 Å². The Kier molecular flexibility index (Phi) is 6.13. The van der Waals surface area contributed by atoms with Gasteiger partial charge in [-0.1, -0.05) is 0 Å². The molecule has 0 bridgehead atoms. The number of aliphatic hydroxyl groups is 2. The van der Waals surface area contributed by atoms with E-state index in [9.17, 15) is 15.0 Å². The van der Waals surface area contributed by atoms with Crippen LogP contribution in [-0.2, 0) is 13.1 Å². The lowest BCUT2D eigenvalue weighted by atomic mass is 9.96. The Bertz CT molecular complexity index is 1210. The van der Waals surface area contributed by atoms with Crippen molar-refractivity contribution in [3.63, 3.8) is 0 Å². The summed E-state index contributed by atoms with van der Waals surface area (Å²) in [6, 6.07) is 7.61. The Balaban J connectivity index is 1.65. The van der Waals surface area contributed by atoms with Crippen LogP contribution >= 0.6 is 0 Å². The number of aromatic nitrogens is 3. The maximum absolute atomic E-state index is 13.0. The molecule has 3 aromatic heterocycles. The number of nitrogens with one attached hydrogen (secondary N) is 2. The van der Waals surface area contributed by atoms with Crippen LogP contribution in [0.1, 0.15) is 33.3 Å². The highest BCUT2D eigenvalue weighted by atomic mass is 16.3. The minimum atomic E-state index is -0.602. The molecule has 0 amide bonds. The predicted octanol–water partition coefficient (Wildman–Crippen LogP) is 2.30. The minimum Gasteiger partial charge on any atom is -0.395 e. The number of aliphatic hydroxyl groups excluding tert-OH is 1. The number of pyridine rings is 3. The topological polar surface area (TPSA) is 116 Å². The van der Waals surface area contributed by atoms with Crippen LogP contribution in [0.4, 0.5) is 17.5 Å². The van der Waals surface area contributed by atoms with Gasteiger partial charge in [-0.2, -0.15) is 0 Å². The molecule has 0 saturated carbocycles. The Morgan fingerprint density at radius 2 is 1.94 bits per heavy atom. The van der Waals surface area contributed by atoms with E-state index in [0.29, 0.717) is 35.9 Å². The first-order valence-electron chi connectivity index (χ1n) is 11.1. The summed E-state index contributed by atoms with van der Waals surface area (Å²) in [5.74, 6) is 1.71. The predicted molar refractivity (Wildman–Crippen MR) is 130 cm³/mol. The second kappa shape index (κ2) is 8.74. The van der Waals surface area contributed by atoms with Crippen molar-refractivity contribution in [2.45, 2.75) is 51.9 Å². The van der Waals surface area contributed by atoms with Crippen LogP contribution in [0.15, 0.2) is 41.5 Å². The zero-order valence-electron chi connectivity index (χ0n) is 19.6. The summed E-state index contributed by atoms with van der Waals surface area (Å²) < 4.78 is 1.49. The maximum atomic E-state index is 13.0. The number of nitrogens with zero attached hydrogens (tertiary/aromatic N) is 4. The lowest BCUT2D eigenvalue weighted by molar-refractivity contribution is -0.0871. The summed E-state index contributed by atoms with van der Waals surface area (Å²) in [6.07, 6.45) is 3.44. The molecule has 0 aromatic carbocycles. The normalized spacial score (nSPS) is 15.9. The summed E-state index contributed by atoms with van der Waals surface area (Å²) >= 11 is 0. The molecular formula is C24H32N6O3. The fourth-order valence-corrected chi connectivity index (χ4v) is 4.16. The van der Waals surface area contributed by atoms with E-state index >= 15 is 0 Å². The first-order valence-corrected chi connectivity index (χ1v) is 11.1. The Morgan fingerprint density at radius 3 is 2.61 bits per heavy atom. The van der Waals surface area contributed by atoms with E-state index in [-0.39, 0.29) is 24.2 Å². The number of hydrogen-bond acceptors (Lipinski definition) is 8. The van der Waals surface area contributed by atoms with Crippen molar-refractivity contribution in [2.24, 2.45) is 0 Å². The molecule has 9 nitrogen and oxygen atoms in total. The lowest BCUT2D eigenvalue weighted by Gasteiger charge is -2.44. The third-order valence-electron chi connectivity index (χ3n) is 5.41. The summed E-state index contributed by atoms with van der Waals surface area (Å²) in [7, 11) is 0. The quantitative estimate of drug-likeness (QED) is 0.432. The second-order valence-corrected chi connectivity index (χ2v) is 10.0. The molecule has 0 aliphatic carbocycles. The molecule has 4 heterocycles. The molecule has 3 aromatic rings. The average Bonchev–Trinajstić information content (AvgIpc) is 2.68. The first kappa shape index (κ1) is 23.2. The number of β-amino-alcohol motifs (C(OH)–C–C–N with tert-alkyl or cyclic N) is 1. The Labute approximate surface area is 193 Å². The highest BCUT2D eigenvalue weighted by Crippen LogP contribution is 2.27. The highest BCUT2D eigenvalue weighted by Gasteiger charge is 2.36. The van der Waals surface area contributed by atoms with Crippen LogP contribution in [-0.4, -0.2) is 60.5 Å². The molecule has 0 atom stereocenters. The molecule has 4 N–H and O–H groups in total. The molecule has 33 heavy (non-hydrogen) atoms. The van der Waals surface area contributed by atoms with Gasteiger partial charge in [0.25, 0.3) is 5.56 Å². The van der Waals surface area contributed by atoms with Gasteiger partial charge in [-0.25, -0.2) is 9.97 Å². The van der Waals surface area contributed by atoms with Gasteiger partial charge in [-0.15, -0.1) is 0 Å². The lowest BCUT2D eigenvalue weighted by Crippen LogP contribution is -2.59. The van der Waals surface area contributed by atoms with E-state index < -0.39 is 5.60 Å². The average molecular weight is 453 g/mol. The third-order valence-corrected chi connectivity index (χ3v) is 5.41. The van der Waals surface area contributed by atoms with E-state index in [0.717, 1.165) is 17.5 Å². The molecule has 176 valence electrons. The molecule has 0 spiro atoms. The molecule has 9 heteroatoms. The van der Waals surface area contributed by atoms with Crippen LogP contribution in [0, 0.1) is 0 Å². The van der Waals surface area contributed by atoms with Gasteiger partial charge in [0.1, 0.15) is 17.5 Å². The smallest absolute Gasteiger partial charge is 0.262 e. The summed E-state index contributed by atoms with van der Waals surface area (Å²) in [6.45, 7) is 10.0. The SMILES string of the molecule is CC1(O)CN(Cc2ccnc(Nc3cc4ccn(CCO)c(=O)c4c(NC(C)(C)C)n3)c2)C1. The Morgan fingerprint density at radius 1 is 1.18 bits per heavy atom. The van der Waals surface area contributed by atoms with Gasteiger partial charge in [0.15, 0.2) is 0 Å². The molecular weight excluding hydrogens is 420 g/mol. The van der Waals surface area contributed by atoms with Crippen molar-refractivity contribution < 1.29 is 10.2 Å². The van der Waals surface area contributed by atoms with Gasteiger partial charge in [-0.3, -0.25) is 9.69 Å². The zero-order chi connectivity index (χ0) is 23.8. The first-order chi connectivity index (χ1) is 15.5.